The minimum Gasteiger partial charge on any atom is -0.361 e. The van der Waals surface area contributed by atoms with E-state index in [1.165, 1.54) is 19.1 Å². The van der Waals surface area contributed by atoms with Crippen molar-refractivity contribution in [3.05, 3.63) is 59.2 Å². The molecule has 0 aliphatic carbocycles. The first kappa shape index (κ1) is 18.4. The van der Waals surface area contributed by atoms with Crippen molar-refractivity contribution in [1.82, 2.24) is 9.71 Å². The predicted octanol–water partition coefficient (Wildman–Crippen LogP) is 3.30. The van der Waals surface area contributed by atoms with Crippen LogP contribution in [0.2, 0.25) is 5.02 Å². The van der Waals surface area contributed by atoms with Gasteiger partial charge in [0.2, 0.25) is 15.9 Å². The summed E-state index contributed by atoms with van der Waals surface area (Å²) < 4.78 is 27.4. The minimum atomic E-state index is -3.61. The number of nitrogens with one attached hydrogen (secondary N) is 3. The van der Waals surface area contributed by atoms with Crippen molar-refractivity contribution in [2.24, 2.45) is 0 Å². The lowest BCUT2D eigenvalue weighted by Gasteiger charge is -2.08. The Morgan fingerprint density at radius 2 is 1.88 bits per heavy atom. The van der Waals surface area contributed by atoms with Crippen molar-refractivity contribution in [1.29, 1.82) is 0 Å². The zero-order valence-corrected chi connectivity index (χ0v) is 15.6. The zero-order valence-electron chi connectivity index (χ0n) is 14.0. The Balaban J connectivity index is 1.65. The zero-order chi connectivity index (χ0) is 18.7. The Morgan fingerprint density at radius 3 is 2.58 bits per heavy atom. The van der Waals surface area contributed by atoms with Crippen LogP contribution in [-0.4, -0.2) is 25.9 Å². The molecular formula is C18H18ClN3O3S. The fraction of sp³-hybridized carbons (Fsp3) is 0.167. The van der Waals surface area contributed by atoms with E-state index in [9.17, 15) is 13.2 Å². The van der Waals surface area contributed by atoms with Gasteiger partial charge in [-0.15, -0.1) is 0 Å². The molecule has 8 heteroatoms. The number of rotatable bonds is 6. The van der Waals surface area contributed by atoms with Crippen LogP contribution in [0.1, 0.15) is 12.5 Å². The molecule has 0 bridgehead atoms. The van der Waals surface area contributed by atoms with Crippen LogP contribution in [0, 0.1) is 0 Å². The van der Waals surface area contributed by atoms with Gasteiger partial charge >= 0.3 is 0 Å². The normalized spacial score (nSPS) is 11.6. The van der Waals surface area contributed by atoms with Crippen LogP contribution < -0.4 is 10.0 Å². The molecule has 136 valence electrons. The number of carbonyl (C=O) groups is 1. The fourth-order valence-corrected chi connectivity index (χ4v) is 3.89. The average molecular weight is 392 g/mol. The van der Waals surface area contributed by atoms with Crippen molar-refractivity contribution < 1.29 is 13.2 Å². The number of fused-ring (bicyclic) bond motifs is 1. The quantitative estimate of drug-likeness (QED) is 0.602. The summed E-state index contributed by atoms with van der Waals surface area (Å²) in [5.74, 6) is -0.209. The van der Waals surface area contributed by atoms with Crippen molar-refractivity contribution in [2.45, 2.75) is 18.2 Å². The van der Waals surface area contributed by atoms with Gasteiger partial charge in [0.05, 0.1) is 4.90 Å². The van der Waals surface area contributed by atoms with E-state index in [2.05, 4.69) is 15.0 Å². The van der Waals surface area contributed by atoms with Gasteiger partial charge in [-0.25, -0.2) is 13.1 Å². The summed E-state index contributed by atoms with van der Waals surface area (Å²) in [6.07, 6.45) is 2.41. The van der Waals surface area contributed by atoms with E-state index >= 15 is 0 Å². The molecule has 0 saturated carbocycles. The van der Waals surface area contributed by atoms with E-state index in [1.807, 2.05) is 24.4 Å². The molecule has 1 aromatic heterocycles. The first-order valence-corrected chi connectivity index (χ1v) is 9.84. The monoisotopic (exact) mass is 391 g/mol. The van der Waals surface area contributed by atoms with E-state index in [-0.39, 0.29) is 17.3 Å². The van der Waals surface area contributed by atoms with Gasteiger partial charge in [0, 0.05) is 41.3 Å². The van der Waals surface area contributed by atoms with Crippen LogP contribution >= 0.6 is 11.6 Å². The second-order valence-electron chi connectivity index (χ2n) is 5.86. The first-order valence-electron chi connectivity index (χ1n) is 7.98. The highest BCUT2D eigenvalue weighted by Crippen LogP contribution is 2.22. The maximum absolute atomic E-state index is 12.4. The van der Waals surface area contributed by atoms with Crippen LogP contribution in [0.25, 0.3) is 10.9 Å². The largest absolute Gasteiger partial charge is 0.361 e. The summed E-state index contributed by atoms with van der Waals surface area (Å²) in [6, 6.07) is 11.6. The molecular weight excluding hydrogens is 374 g/mol. The second kappa shape index (κ2) is 7.49. The average Bonchev–Trinajstić information content (AvgIpc) is 2.97. The number of carbonyl (C=O) groups excluding carboxylic acids is 1. The van der Waals surface area contributed by atoms with E-state index in [1.54, 1.807) is 12.1 Å². The Morgan fingerprint density at radius 1 is 1.15 bits per heavy atom. The predicted molar refractivity (Wildman–Crippen MR) is 103 cm³/mol. The molecule has 1 amide bonds. The molecule has 3 aromatic rings. The minimum absolute atomic E-state index is 0.150. The fourth-order valence-electron chi connectivity index (χ4n) is 2.69. The van der Waals surface area contributed by atoms with E-state index in [0.29, 0.717) is 17.1 Å². The number of aromatic nitrogens is 1. The molecule has 0 fully saturated rings. The Bertz CT molecular complexity index is 1040. The van der Waals surface area contributed by atoms with Crippen LogP contribution in [0.4, 0.5) is 5.69 Å². The highest BCUT2D eigenvalue weighted by molar-refractivity contribution is 7.89. The van der Waals surface area contributed by atoms with Gasteiger partial charge in [-0.2, -0.15) is 0 Å². The van der Waals surface area contributed by atoms with Gasteiger partial charge in [-0.3, -0.25) is 4.79 Å². The number of sulfonamides is 1. The van der Waals surface area contributed by atoms with Crippen molar-refractivity contribution in [3.8, 4) is 0 Å². The number of aromatic amines is 1. The van der Waals surface area contributed by atoms with Gasteiger partial charge in [0.25, 0.3) is 0 Å². The van der Waals surface area contributed by atoms with Crippen molar-refractivity contribution >= 4 is 44.1 Å². The molecule has 2 aromatic carbocycles. The van der Waals surface area contributed by atoms with Crippen LogP contribution in [-0.2, 0) is 21.2 Å². The molecule has 3 N–H and O–H groups in total. The van der Waals surface area contributed by atoms with E-state index < -0.39 is 10.0 Å². The van der Waals surface area contributed by atoms with Crippen molar-refractivity contribution in [2.75, 3.05) is 11.9 Å². The SMILES string of the molecule is CC(=O)Nc1ccc(S(=O)(=O)NCCc2c[nH]c3cc(Cl)ccc23)cc1. The smallest absolute Gasteiger partial charge is 0.240 e. The number of hydrogen-bond acceptors (Lipinski definition) is 3. The van der Waals surface area contributed by atoms with Gasteiger partial charge in [-0.05, 0) is 48.4 Å². The Kier molecular flexibility index (Phi) is 5.31. The Labute approximate surface area is 156 Å². The maximum Gasteiger partial charge on any atom is 0.240 e. The second-order valence-corrected chi connectivity index (χ2v) is 8.06. The van der Waals surface area contributed by atoms with Gasteiger partial charge < -0.3 is 10.3 Å². The lowest BCUT2D eigenvalue weighted by atomic mass is 10.1. The molecule has 0 aliphatic rings. The molecule has 0 spiro atoms. The third-order valence-corrected chi connectivity index (χ3v) is 5.61. The summed E-state index contributed by atoms with van der Waals surface area (Å²) in [6.45, 7) is 1.66. The number of anilines is 1. The highest BCUT2D eigenvalue weighted by atomic mass is 35.5. The van der Waals surface area contributed by atoms with Crippen LogP contribution in [0.5, 0.6) is 0 Å². The number of H-pyrrole nitrogens is 1. The maximum atomic E-state index is 12.4. The third-order valence-electron chi connectivity index (χ3n) is 3.90. The lowest BCUT2D eigenvalue weighted by molar-refractivity contribution is -0.114. The van der Waals surface area contributed by atoms with Gasteiger partial charge in [-0.1, -0.05) is 17.7 Å². The third kappa shape index (κ3) is 4.24. The molecule has 0 atom stereocenters. The molecule has 0 radical (unpaired) electrons. The molecule has 1 heterocycles. The lowest BCUT2D eigenvalue weighted by Crippen LogP contribution is -2.26. The summed E-state index contributed by atoms with van der Waals surface area (Å²) >= 11 is 5.96. The molecule has 0 unspecified atom stereocenters. The summed E-state index contributed by atoms with van der Waals surface area (Å²) in [4.78, 5) is 14.3. The number of amides is 1. The van der Waals surface area contributed by atoms with Crippen LogP contribution in [0.15, 0.2) is 53.6 Å². The molecule has 26 heavy (non-hydrogen) atoms. The van der Waals surface area contributed by atoms with E-state index in [0.717, 1.165) is 16.5 Å². The summed E-state index contributed by atoms with van der Waals surface area (Å²) in [5.41, 5.74) is 2.48. The number of halogens is 1. The van der Waals surface area contributed by atoms with Gasteiger partial charge in [0.1, 0.15) is 0 Å². The molecule has 0 saturated heterocycles. The van der Waals surface area contributed by atoms with Crippen LogP contribution in [0.3, 0.4) is 0 Å². The van der Waals surface area contributed by atoms with Crippen molar-refractivity contribution in [3.63, 3.8) is 0 Å². The number of hydrogen-bond donors (Lipinski definition) is 3. The topological polar surface area (TPSA) is 91.1 Å². The standard InChI is InChI=1S/C18H18ClN3O3S/c1-12(23)22-15-3-5-16(6-4-15)26(24,25)21-9-8-13-11-20-18-10-14(19)2-7-17(13)18/h2-7,10-11,20-21H,8-9H2,1H3,(H,22,23). The van der Waals surface area contributed by atoms with E-state index in [4.69, 9.17) is 11.6 Å². The summed E-state index contributed by atoms with van der Waals surface area (Å²) in [7, 11) is -3.61. The molecule has 6 nitrogen and oxygen atoms in total. The number of benzene rings is 2. The first-order chi connectivity index (χ1) is 12.3. The summed E-state index contributed by atoms with van der Waals surface area (Å²) in [5, 5.41) is 4.27. The highest BCUT2D eigenvalue weighted by Gasteiger charge is 2.14. The Hall–Kier alpha value is -2.35. The molecule has 0 aliphatic heterocycles. The van der Waals surface area contributed by atoms with Gasteiger partial charge in [0.15, 0.2) is 0 Å². The molecule has 3 rings (SSSR count).